The lowest BCUT2D eigenvalue weighted by molar-refractivity contribution is -0.146. The first-order chi connectivity index (χ1) is 33.0. The number of benzene rings is 1. The number of likely N-dealkylation sites (tertiary alicyclic amines) is 1. The third-order valence-electron chi connectivity index (χ3n) is 13.0. The Morgan fingerprint density at radius 3 is 2.14 bits per heavy atom. The average Bonchev–Trinajstić information content (AvgIpc) is 4.06. The highest BCUT2D eigenvalue weighted by atomic mass is 32.2. The molecule has 0 radical (unpaired) electrons. The van der Waals surface area contributed by atoms with E-state index in [0.717, 1.165) is 17.1 Å². The predicted octanol–water partition coefficient (Wildman–Crippen LogP) is 1.69. The third kappa shape index (κ3) is 15.1. The Morgan fingerprint density at radius 2 is 1.57 bits per heavy atom. The Labute approximate surface area is 413 Å². The van der Waals surface area contributed by atoms with Crippen LogP contribution in [0.4, 0.5) is 0 Å². The van der Waals surface area contributed by atoms with E-state index < -0.39 is 81.7 Å². The molecule has 0 saturated carbocycles. The first-order valence-corrected chi connectivity index (χ1v) is 25.5. The lowest BCUT2D eigenvalue weighted by Crippen LogP contribution is -2.56. The van der Waals surface area contributed by atoms with E-state index in [0.29, 0.717) is 43.0 Å². The number of hydrogen-bond donors (Lipinski definition) is 2. The molecule has 1 fully saturated rings. The van der Waals surface area contributed by atoms with Crippen LogP contribution in [0.5, 0.6) is 0 Å². The Hall–Kier alpha value is -5.74. The molecule has 388 valence electrons. The molecule has 2 aliphatic rings. The Balaban J connectivity index is 1.45. The van der Waals surface area contributed by atoms with Gasteiger partial charge in [0.25, 0.3) is 17.7 Å². The topological polar surface area (TPSA) is 238 Å². The summed E-state index contributed by atoms with van der Waals surface area (Å²) in [6.45, 7) is 10.1. The van der Waals surface area contributed by atoms with Crippen molar-refractivity contribution in [1.29, 1.82) is 0 Å². The summed E-state index contributed by atoms with van der Waals surface area (Å²) >= 11 is 0. The van der Waals surface area contributed by atoms with Gasteiger partial charge in [0, 0.05) is 81.1 Å². The van der Waals surface area contributed by atoms with Crippen molar-refractivity contribution in [3.63, 3.8) is 0 Å². The van der Waals surface area contributed by atoms with E-state index in [1.807, 2.05) is 65.7 Å². The van der Waals surface area contributed by atoms with E-state index in [-0.39, 0.29) is 56.0 Å². The second-order valence-corrected chi connectivity index (χ2v) is 20.8. The second-order valence-electron chi connectivity index (χ2n) is 19.0. The van der Waals surface area contributed by atoms with Gasteiger partial charge in [-0.25, -0.2) is 13.4 Å². The molecule has 6 amide bonds. The first-order valence-electron chi connectivity index (χ1n) is 23.9. The Kier molecular flexibility index (Phi) is 21.1. The summed E-state index contributed by atoms with van der Waals surface area (Å²) in [6, 6.07) is 5.88. The van der Waals surface area contributed by atoms with Crippen LogP contribution in [-0.2, 0) is 67.8 Å². The fourth-order valence-corrected chi connectivity index (χ4v) is 10.1. The second kappa shape index (κ2) is 25.9. The largest absolute Gasteiger partial charge is 0.379 e. The van der Waals surface area contributed by atoms with Crippen molar-refractivity contribution < 1.29 is 46.7 Å². The van der Waals surface area contributed by atoms with E-state index in [4.69, 9.17) is 14.5 Å². The fraction of sp³-hybridized carbons (Fsp3) is 0.646. The number of likely N-dealkylation sites (N-methyl/N-ethyl adjacent to an activating group) is 1. The van der Waals surface area contributed by atoms with Crippen LogP contribution >= 0.6 is 0 Å². The van der Waals surface area contributed by atoms with Crippen LogP contribution in [0.1, 0.15) is 78.0 Å². The number of aryl methyl sites for hydroxylation is 1. The molecule has 0 bridgehead atoms. The van der Waals surface area contributed by atoms with Crippen LogP contribution in [0.15, 0.2) is 53.7 Å². The zero-order valence-corrected chi connectivity index (χ0v) is 43.7. The van der Waals surface area contributed by atoms with Crippen molar-refractivity contribution in [2.75, 3.05) is 61.8 Å². The molecule has 22 heteroatoms. The van der Waals surface area contributed by atoms with Crippen LogP contribution in [0, 0.1) is 17.8 Å². The van der Waals surface area contributed by atoms with Gasteiger partial charge < -0.3 is 34.4 Å². The highest BCUT2D eigenvalue weighted by Crippen LogP contribution is 2.30. The molecule has 21 nitrogen and oxygen atoms in total. The number of methoxy groups -OCH3 is 2. The smallest absolute Gasteiger partial charge is 0.256 e. The predicted molar refractivity (Wildman–Crippen MR) is 263 cm³/mol. The Morgan fingerprint density at radius 1 is 0.929 bits per heavy atom. The summed E-state index contributed by atoms with van der Waals surface area (Å²) < 4.78 is 42.1. The number of rotatable bonds is 25. The molecule has 8 atom stereocenters. The summed E-state index contributed by atoms with van der Waals surface area (Å²) in [5.74, 6) is -3.72. The zero-order chi connectivity index (χ0) is 52.0. The number of nitrogens with zero attached hydrogens (tertiary/aromatic N) is 9. The van der Waals surface area contributed by atoms with Gasteiger partial charge in [0.2, 0.25) is 27.7 Å². The number of ether oxygens (including phenoxy) is 2. The molecule has 0 unspecified atom stereocenters. The summed E-state index contributed by atoms with van der Waals surface area (Å²) in [4.78, 5) is 93.6. The normalized spacial score (nSPS) is 17.9. The number of imide groups is 1. The number of hydrogen-bond acceptors (Lipinski definition) is 13. The molecule has 1 aromatic carbocycles. The maximum Gasteiger partial charge on any atom is 0.256 e. The van der Waals surface area contributed by atoms with Gasteiger partial charge in [-0.05, 0) is 36.7 Å². The number of carbonyl (C=O) groups excluding carboxylic acids is 6. The van der Waals surface area contributed by atoms with Crippen LogP contribution < -0.4 is 10.0 Å². The lowest BCUT2D eigenvalue weighted by atomic mass is 9.89. The molecule has 4 rings (SSSR count). The fourth-order valence-electron chi connectivity index (χ4n) is 9.08. The number of guanidine groups is 1. The van der Waals surface area contributed by atoms with E-state index >= 15 is 0 Å². The number of amides is 6. The minimum absolute atomic E-state index is 0.0188. The summed E-state index contributed by atoms with van der Waals surface area (Å²) in [6.07, 6.45) is 4.23. The van der Waals surface area contributed by atoms with Crippen molar-refractivity contribution in [1.82, 2.24) is 49.5 Å². The number of sulfonamides is 1. The molecular formula is C48H75N11O10S. The maximum absolute atomic E-state index is 14.4. The molecule has 3 heterocycles. The molecule has 2 aromatic rings. The van der Waals surface area contributed by atoms with Gasteiger partial charge in [0.05, 0.1) is 55.1 Å². The van der Waals surface area contributed by atoms with Crippen molar-refractivity contribution in [2.24, 2.45) is 22.7 Å². The number of aromatic nitrogens is 3. The molecule has 70 heavy (non-hydrogen) atoms. The van der Waals surface area contributed by atoms with Crippen LogP contribution in [0.2, 0.25) is 0 Å². The first kappa shape index (κ1) is 56.8. The quantitative estimate of drug-likeness (QED) is 0.0819. The molecular weight excluding hydrogens is 923 g/mol. The van der Waals surface area contributed by atoms with Crippen molar-refractivity contribution >= 4 is 51.4 Å². The molecule has 1 saturated heterocycles. The summed E-state index contributed by atoms with van der Waals surface area (Å²) in [5.41, 5.74) is 1.01. The van der Waals surface area contributed by atoms with Gasteiger partial charge in [-0.15, -0.1) is 5.10 Å². The Bertz CT molecular complexity index is 2260. The van der Waals surface area contributed by atoms with Crippen molar-refractivity contribution in [2.45, 2.75) is 123 Å². The average molecular weight is 998 g/mol. The van der Waals surface area contributed by atoms with Crippen LogP contribution in [-0.4, -0.2) is 187 Å². The van der Waals surface area contributed by atoms with Crippen LogP contribution in [0.25, 0.3) is 0 Å². The highest BCUT2D eigenvalue weighted by molar-refractivity contribution is 7.90. The monoisotopic (exact) mass is 998 g/mol. The number of aliphatic imine (C=N–C) groups is 1. The SMILES string of the molecule is CC[C@H](C)[C@@H]([C@@H](CC(=O)N1CCC[C@H]1[C@H](OC)[C@@H](C)C(=O)N[C@@H](Cc1ccccc1)C(=O)NS(=O)(=O)CCCn1cc(CN2C(=O)C=CC2=O)nn1)OC)N(C)C(=O)[C@H](N=C(N(C)C)N(C)C)C(C)C. The lowest BCUT2D eigenvalue weighted by Gasteiger charge is -2.40. The van der Waals surface area contributed by atoms with Gasteiger partial charge in [-0.1, -0.05) is 76.6 Å². The molecule has 0 spiro atoms. The summed E-state index contributed by atoms with van der Waals surface area (Å²) in [5, 5.41) is 10.7. The minimum Gasteiger partial charge on any atom is -0.379 e. The van der Waals surface area contributed by atoms with Gasteiger partial charge in [-0.2, -0.15) is 0 Å². The maximum atomic E-state index is 14.4. The molecule has 0 aliphatic carbocycles. The standard InChI is InChI=1S/C48H75N11O10S/c1-13-32(4)43(56(10)47(65)42(31(2)3)50-48(54(6)7)55(8)9)38(68-11)28-41(62)58-25-17-21-37(58)44(69-12)33(5)45(63)49-36(27-34-19-15-14-16-20-34)46(64)52-70(66,67)26-18-24-57-29-35(51-53-57)30-59-39(60)22-23-40(59)61/h14-16,19-20,22-23,29,31-33,36-38,42-44H,13,17-18,21,24-28,30H2,1-12H3,(H,49,63)(H,52,64)/t32-,33+,36-,37-,38+,42+,43-,44+/m0/s1. The van der Waals surface area contributed by atoms with Crippen molar-refractivity contribution in [3.05, 3.63) is 59.9 Å². The highest BCUT2D eigenvalue weighted by Gasteiger charge is 2.43. The van der Waals surface area contributed by atoms with Gasteiger partial charge in [0.1, 0.15) is 17.8 Å². The van der Waals surface area contributed by atoms with E-state index in [2.05, 4.69) is 20.4 Å². The van der Waals surface area contributed by atoms with Gasteiger partial charge in [-0.3, -0.25) is 43.1 Å². The third-order valence-corrected chi connectivity index (χ3v) is 14.3. The number of carbonyl (C=O) groups is 6. The van der Waals surface area contributed by atoms with Gasteiger partial charge in [0.15, 0.2) is 5.96 Å². The number of nitrogens with one attached hydrogen (secondary N) is 2. The molecule has 2 aliphatic heterocycles. The van der Waals surface area contributed by atoms with E-state index in [1.165, 1.54) is 18.0 Å². The zero-order valence-electron chi connectivity index (χ0n) is 42.9. The molecule has 2 N–H and O–H groups in total. The van der Waals surface area contributed by atoms with E-state index in [9.17, 15) is 37.2 Å². The molecule has 1 aromatic heterocycles. The van der Waals surface area contributed by atoms with E-state index in [1.54, 1.807) is 61.2 Å². The van der Waals surface area contributed by atoms with Crippen LogP contribution in [0.3, 0.4) is 0 Å². The van der Waals surface area contributed by atoms with Gasteiger partial charge >= 0.3 is 0 Å². The minimum atomic E-state index is -4.21. The van der Waals surface area contributed by atoms with Crippen molar-refractivity contribution in [3.8, 4) is 0 Å². The summed E-state index contributed by atoms with van der Waals surface area (Å²) in [7, 11) is 8.05.